The summed E-state index contributed by atoms with van der Waals surface area (Å²) >= 11 is 0. The number of nitrogens with zero attached hydrogens (tertiary/aromatic N) is 1. The second kappa shape index (κ2) is 7.60. The monoisotopic (exact) mass is 173 g/mol. The van der Waals surface area contributed by atoms with E-state index in [0.29, 0.717) is 5.54 Å². The number of hydrogen-bond donors (Lipinski definition) is 0. The molecular weight excluding hydrogens is 146 g/mol. The molecule has 0 unspecified atom stereocenters. The lowest BCUT2D eigenvalue weighted by atomic mass is 10.1. The molecule has 0 spiro atoms. The highest BCUT2D eigenvalue weighted by molar-refractivity contribution is 4.71. The topological polar surface area (TPSA) is 3.24 Å². The average molecular weight is 173 g/mol. The van der Waals surface area contributed by atoms with E-state index in [2.05, 4.69) is 39.6 Å². The molecule has 0 aliphatic carbocycles. The minimum atomic E-state index is 0.342. The zero-order chi connectivity index (χ0) is 10.2. The maximum atomic E-state index is 2.40. The molecule has 0 bridgehead atoms. The normalized spacial score (nSPS) is 11.0. The summed E-state index contributed by atoms with van der Waals surface area (Å²) in [4.78, 5) is 2.40. The van der Waals surface area contributed by atoms with Crippen molar-refractivity contribution in [2.75, 3.05) is 13.6 Å². The SMILES string of the molecule is CC.CCCCN(C)C(C)(C)C. The zero-order valence-electron chi connectivity index (χ0n) is 10.1. The van der Waals surface area contributed by atoms with E-state index in [1.807, 2.05) is 13.8 Å². The molecule has 0 rings (SSSR count). The fraction of sp³-hybridized carbons (Fsp3) is 1.00. The van der Waals surface area contributed by atoms with E-state index in [1.165, 1.54) is 19.4 Å². The van der Waals surface area contributed by atoms with Crippen molar-refractivity contribution < 1.29 is 0 Å². The predicted octanol–water partition coefficient (Wildman–Crippen LogP) is 3.54. The van der Waals surface area contributed by atoms with Gasteiger partial charge in [0.1, 0.15) is 0 Å². The van der Waals surface area contributed by atoms with Crippen LogP contribution in [-0.4, -0.2) is 24.0 Å². The number of hydrogen-bond acceptors (Lipinski definition) is 1. The van der Waals surface area contributed by atoms with E-state index >= 15 is 0 Å². The number of rotatable bonds is 3. The van der Waals surface area contributed by atoms with Crippen LogP contribution >= 0.6 is 0 Å². The first-order valence-electron chi connectivity index (χ1n) is 5.19. The van der Waals surface area contributed by atoms with Crippen LogP contribution in [0.2, 0.25) is 0 Å². The van der Waals surface area contributed by atoms with Gasteiger partial charge in [-0.25, -0.2) is 0 Å². The smallest absolute Gasteiger partial charge is 0.0122 e. The summed E-state index contributed by atoms with van der Waals surface area (Å²) in [6, 6.07) is 0. The molecule has 0 N–H and O–H groups in total. The van der Waals surface area contributed by atoms with Crippen LogP contribution in [0, 0.1) is 0 Å². The van der Waals surface area contributed by atoms with Crippen molar-refractivity contribution in [2.24, 2.45) is 0 Å². The zero-order valence-corrected chi connectivity index (χ0v) is 10.1. The summed E-state index contributed by atoms with van der Waals surface area (Å²) in [6.45, 7) is 14.2. The van der Waals surface area contributed by atoms with Crippen LogP contribution < -0.4 is 0 Å². The highest BCUT2D eigenvalue weighted by atomic mass is 15.1. The Balaban J connectivity index is 0. The van der Waals surface area contributed by atoms with Crippen molar-refractivity contribution in [2.45, 2.75) is 59.9 Å². The second-order valence-electron chi connectivity index (χ2n) is 3.95. The van der Waals surface area contributed by atoms with Gasteiger partial charge in [0.15, 0.2) is 0 Å². The first-order valence-corrected chi connectivity index (χ1v) is 5.19. The van der Waals surface area contributed by atoms with Gasteiger partial charge in [-0.15, -0.1) is 0 Å². The largest absolute Gasteiger partial charge is 0.302 e. The van der Waals surface area contributed by atoms with Gasteiger partial charge in [0.2, 0.25) is 0 Å². The summed E-state index contributed by atoms with van der Waals surface area (Å²) < 4.78 is 0. The van der Waals surface area contributed by atoms with Gasteiger partial charge in [-0.2, -0.15) is 0 Å². The molecule has 0 aliphatic heterocycles. The quantitative estimate of drug-likeness (QED) is 0.631. The highest BCUT2D eigenvalue weighted by Crippen LogP contribution is 2.10. The fourth-order valence-corrected chi connectivity index (χ4v) is 0.731. The summed E-state index contributed by atoms with van der Waals surface area (Å²) in [5.74, 6) is 0. The van der Waals surface area contributed by atoms with Crippen LogP contribution in [-0.2, 0) is 0 Å². The molecule has 0 aromatic carbocycles. The summed E-state index contributed by atoms with van der Waals surface area (Å²) in [7, 11) is 2.19. The summed E-state index contributed by atoms with van der Waals surface area (Å²) in [6.07, 6.45) is 2.61. The molecule has 0 aromatic rings. The molecule has 0 saturated heterocycles. The van der Waals surface area contributed by atoms with E-state index < -0.39 is 0 Å². The number of unbranched alkanes of at least 4 members (excludes halogenated alkanes) is 1. The Bertz CT molecular complexity index is 81.5. The summed E-state index contributed by atoms with van der Waals surface area (Å²) in [5, 5.41) is 0. The molecule has 0 amide bonds. The van der Waals surface area contributed by atoms with E-state index in [0.717, 1.165) is 0 Å². The fourth-order valence-electron chi connectivity index (χ4n) is 0.731. The van der Waals surface area contributed by atoms with E-state index in [9.17, 15) is 0 Å². The van der Waals surface area contributed by atoms with Crippen LogP contribution in [0.5, 0.6) is 0 Å². The molecule has 0 heterocycles. The minimum absolute atomic E-state index is 0.342. The molecule has 0 atom stereocenters. The Labute approximate surface area is 79.2 Å². The minimum Gasteiger partial charge on any atom is -0.302 e. The van der Waals surface area contributed by atoms with Crippen molar-refractivity contribution in [3.63, 3.8) is 0 Å². The molecule has 0 fully saturated rings. The van der Waals surface area contributed by atoms with Gasteiger partial charge in [0.25, 0.3) is 0 Å². The van der Waals surface area contributed by atoms with Crippen LogP contribution in [0.1, 0.15) is 54.4 Å². The first-order chi connectivity index (χ1) is 5.48. The molecule has 0 saturated carbocycles. The van der Waals surface area contributed by atoms with Crippen molar-refractivity contribution >= 4 is 0 Å². The van der Waals surface area contributed by atoms with Gasteiger partial charge in [0.05, 0.1) is 0 Å². The van der Waals surface area contributed by atoms with Gasteiger partial charge in [-0.05, 0) is 40.8 Å². The van der Waals surface area contributed by atoms with Gasteiger partial charge in [-0.3, -0.25) is 0 Å². The van der Waals surface area contributed by atoms with Crippen LogP contribution in [0.3, 0.4) is 0 Å². The van der Waals surface area contributed by atoms with Gasteiger partial charge >= 0.3 is 0 Å². The molecule has 0 radical (unpaired) electrons. The molecule has 76 valence electrons. The standard InChI is InChI=1S/C9H21N.C2H6/c1-6-7-8-10(5)9(2,3)4;1-2/h6-8H2,1-5H3;1-2H3. The molecule has 1 nitrogen and oxygen atoms in total. The molecular formula is C11H27N. The van der Waals surface area contributed by atoms with Crippen molar-refractivity contribution in [3.8, 4) is 0 Å². The van der Waals surface area contributed by atoms with E-state index in [4.69, 9.17) is 0 Å². The van der Waals surface area contributed by atoms with Crippen LogP contribution in [0.15, 0.2) is 0 Å². The molecule has 1 heteroatoms. The third-order valence-corrected chi connectivity index (χ3v) is 1.99. The lowest BCUT2D eigenvalue weighted by molar-refractivity contribution is 0.173. The lowest BCUT2D eigenvalue weighted by Crippen LogP contribution is -2.38. The van der Waals surface area contributed by atoms with Gasteiger partial charge < -0.3 is 4.90 Å². The van der Waals surface area contributed by atoms with Gasteiger partial charge in [0, 0.05) is 5.54 Å². The van der Waals surface area contributed by atoms with Crippen molar-refractivity contribution in [1.29, 1.82) is 0 Å². The Kier molecular flexibility index (Phi) is 9.17. The van der Waals surface area contributed by atoms with Crippen LogP contribution in [0.25, 0.3) is 0 Å². The Hall–Kier alpha value is -0.0400. The average Bonchev–Trinajstić information content (AvgIpc) is 2.02. The van der Waals surface area contributed by atoms with Crippen molar-refractivity contribution in [3.05, 3.63) is 0 Å². The first kappa shape index (κ1) is 14.5. The van der Waals surface area contributed by atoms with E-state index in [1.54, 1.807) is 0 Å². The molecule has 0 aliphatic rings. The maximum absolute atomic E-state index is 2.40. The maximum Gasteiger partial charge on any atom is 0.0122 e. The molecule has 0 aromatic heterocycles. The van der Waals surface area contributed by atoms with E-state index in [-0.39, 0.29) is 0 Å². The van der Waals surface area contributed by atoms with Crippen molar-refractivity contribution in [1.82, 2.24) is 4.90 Å². The second-order valence-corrected chi connectivity index (χ2v) is 3.95. The van der Waals surface area contributed by atoms with Crippen LogP contribution in [0.4, 0.5) is 0 Å². The third kappa shape index (κ3) is 8.06. The highest BCUT2D eigenvalue weighted by Gasteiger charge is 2.15. The third-order valence-electron chi connectivity index (χ3n) is 1.99. The Morgan fingerprint density at radius 2 is 1.50 bits per heavy atom. The Morgan fingerprint density at radius 3 is 1.75 bits per heavy atom. The summed E-state index contributed by atoms with van der Waals surface area (Å²) in [5.41, 5.74) is 0.342. The lowest BCUT2D eigenvalue weighted by Gasteiger charge is -2.31. The Morgan fingerprint density at radius 1 is 1.08 bits per heavy atom. The predicted molar refractivity (Wildman–Crippen MR) is 58.6 cm³/mol. The van der Waals surface area contributed by atoms with Gasteiger partial charge in [-0.1, -0.05) is 27.2 Å². The molecule has 12 heavy (non-hydrogen) atoms.